The molecule has 0 spiro atoms. The van der Waals surface area contributed by atoms with Crippen LogP contribution in [0.15, 0.2) is 53.4 Å². The highest BCUT2D eigenvalue weighted by molar-refractivity contribution is 7.89. The molecule has 0 aromatic heterocycles. The third-order valence-electron chi connectivity index (χ3n) is 5.11. The van der Waals surface area contributed by atoms with Gasteiger partial charge in [-0.05, 0) is 49.4 Å². The molecule has 31 heavy (non-hydrogen) atoms. The quantitative estimate of drug-likeness (QED) is 0.698. The summed E-state index contributed by atoms with van der Waals surface area (Å²) in [7, 11) is -3.95. The average molecular weight is 459 g/mol. The summed E-state index contributed by atoms with van der Waals surface area (Å²) in [5, 5.41) is 2.62. The molecule has 1 N–H and O–H groups in total. The molecule has 1 fully saturated rings. The van der Waals surface area contributed by atoms with Gasteiger partial charge in [-0.25, -0.2) is 12.8 Å². The molecule has 2 aromatic carbocycles. The zero-order valence-corrected chi connectivity index (χ0v) is 17.4. The van der Waals surface area contributed by atoms with Crippen molar-refractivity contribution in [1.82, 2.24) is 9.21 Å². The lowest BCUT2D eigenvalue weighted by atomic mass is 10.2. The van der Waals surface area contributed by atoms with E-state index in [0.29, 0.717) is 5.69 Å². The van der Waals surface area contributed by atoms with Crippen LogP contribution >= 0.6 is 0 Å². The van der Waals surface area contributed by atoms with Crippen molar-refractivity contribution in [2.24, 2.45) is 0 Å². The number of amides is 1. The van der Waals surface area contributed by atoms with Crippen LogP contribution < -0.4 is 5.32 Å². The Morgan fingerprint density at radius 1 is 1.03 bits per heavy atom. The summed E-state index contributed by atoms with van der Waals surface area (Å²) in [6.07, 6.45) is -4.55. The largest absolute Gasteiger partial charge is 0.416 e. The fraction of sp³-hybridized carbons (Fsp3) is 0.350. The van der Waals surface area contributed by atoms with E-state index < -0.39 is 33.6 Å². The summed E-state index contributed by atoms with van der Waals surface area (Å²) < 4.78 is 78.0. The van der Waals surface area contributed by atoms with Crippen molar-refractivity contribution in [1.29, 1.82) is 0 Å². The van der Waals surface area contributed by atoms with Crippen LogP contribution in [0.5, 0.6) is 0 Å². The summed E-state index contributed by atoms with van der Waals surface area (Å²) in [6.45, 7) is 2.35. The Labute approximate surface area is 177 Å². The fourth-order valence-electron chi connectivity index (χ4n) is 3.27. The number of nitrogens with one attached hydrogen (secondary N) is 1. The number of rotatable bonds is 5. The maximum absolute atomic E-state index is 13.3. The van der Waals surface area contributed by atoms with Crippen molar-refractivity contribution < 1.29 is 30.8 Å². The average Bonchev–Trinajstić information content (AvgIpc) is 2.73. The fourth-order valence-corrected chi connectivity index (χ4v) is 4.70. The summed E-state index contributed by atoms with van der Waals surface area (Å²) >= 11 is 0. The van der Waals surface area contributed by atoms with Gasteiger partial charge in [-0.2, -0.15) is 17.5 Å². The second-order valence-electron chi connectivity index (χ2n) is 7.14. The number of sulfonamides is 1. The topological polar surface area (TPSA) is 69.7 Å². The Morgan fingerprint density at radius 2 is 1.65 bits per heavy atom. The van der Waals surface area contributed by atoms with E-state index in [0.717, 1.165) is 24.3 Å². The molecule has 11 heteroatoms. The number of hydrogen-bond acceptors (Lipinski definition) is 4. The van der Waals surface area contributed by atoms with E-state index in [1.54, 1.807) is 17.9 Å². The Kier molecular flexibility index (Phi) is 6.68. The van der Waals surface area contributed by atoms with Gasteiger partial charge < -0.3 is 5.32 Å². The number of hydrogen-bond donors (Lipinski definition) is 1. The van der Waals surface area contributed by atoms with Crippen molar-refractivity contribution in [3.63, 3.8) is 0 Å². The van der Waals surface area contributed by atoms with Crippen LogP contribution in [-0.2, 0) is 21.0 Å². The summed E-state index contributed by atoms with van der Waals surface area (Å²) in [5.74, 6) is -0.836. The van der Waals surface area contributed by atoms with Gasteiger partial charge in [-0.15, -0.1) is 0 Å². The van der Waals surface area contributed by atoms with E-state index in [9.17, 15) is 30.8 Å². The molecule has 1 aliphatic heterocycles. The van der Waals surface area contributed by atoms with E-state index in [-0.39, 0.29) is 37.0 Å². The number of piperazine rings is 1. The van der Waals surface area contributed by atoms with Crippen molar-refractivity contribution in [2.45, 2.75) is 24.0 Å². The first-order chi connectivity index (χ1) is 14.5. The zero-order chi connectivity index (χ0) is 22.8. The van der Waals surface area contributed by atoms with E-state index in [1.165, 1.54) is 22.5 Å². The maximum Gasteiger partial charge on any atom is 0.416 e. The lowest BCUT2D eigenvalue weighted by Gasteiger charge is -2.36. The molecule has 2 aromatic rings. The van der Waals surface area contributed by atoms with Gasteiger partial charge in [0.2, 0.25) is 15.9 Å². The maximum atomic E-state index is 13.3. The summed E-state index contributed by atoms with van der Waals surface area (Å²) in [6, 6.07) is 8.26. The Bertz CT molecular complexity index is 1030. The summed E-state index contributed by atoms with van der Waals surface area (Å²) in [4.78, 5) is 14.0. The Balaban J connectivity index is 1.61. The number of carbonyl (C=O) groups is 1. The first kappa shape index (κ1) is 23.2. The molecular weight excluding hydrogens is 438 g/mol. The second kappa shape index (κ2) is 8.93. The minimum Gasteiger partial charge on any atom is -0.325 e. The van der Waals surface area contributed by atoms with Gasteiger partial charge in [0, 0.05) is 31.9 Å². The molecule has 1 amide bonds. The van der Waals surface area contributed by atoms with Crippen LogP contribution in [0.25, 0.3) is 0 Å². The molecule has 1 atom stereocenters. The van der Waals surface area contributed by atoms with Gasteiger partial charge in [0.1, 0.15) is 5.82 Å². The van der Waals surface area contributed by atoms with Gasteiger partial charge in [-0.1, -0.05) is 6.07 Å². The second-order valence-corrected chi connectivity index (χ2v) is 9.08. The van der Waals surface area contributed by atoms with Crippen molar-refractivity contribution >= 4 is 21.6 Å². The number of anilines is 1. The van der Waals surface area contributed by atoms with Crippen molar-refractivity contribution in [3.05, 3.63) is 59.9 Å². The molecule has 0 bridgehead atoms. The first-order valence-corrected chi connectivity index (χ1v) is 10.9. The predicted molar refractivity (Wildman–Crippen MR) is 106 cm³/mol. The highest BCUT2D eigenvalue weighted by Crippen LogP contribution is 2.30. The molecule has 0 aliphatic carbocycles. The molecule has 0 radical (unpaired) electrons. The number of benzene rings is 2. The third kappa shape index (κ3) is 5.41. The number of carbonyl (C=O) groups excluding carboxylic acids is 1. The molecule has 1 heterocycles. The highest BCUT2D eigenvalue weighted by atomic mass is 32.2. The zero-order valence-electron chi connectivity index (χ0n) is 16.6. The van der Waals surface area contributed by atoms with Gasteiger partial charge in [0.05, 0.1) is 16.5 Å². The Morgan fingerprint density at radius 3 is 2.19 bits per heavy atom. The predicted octanol–water partition coefficient (Wildman–Crippen LogP) is 3.18. The Hall–Kier alpha value is -2.50. The standard InChI is InChI=1S/C20H21F4N3O3S/c1-14(19(28)25-17-4-2-3-16(21)13-17)26-9-11-27(12-10-26)31(29,30)18-7-5-15(6-8-18)20(22,23)24/h2-8,13-14H,9-12H2,1H3,(H,25,28). The highest BCUT2D eigenvalue weighted by Gasteiger charge is 2.34. The minimum absolute atomic E-state index is 0.0843. The monoisotopic (exact) mass is 459 g/mol. The normalized spacial score (nSPS) is 17.3. The van der Waals surface area contributed by atoms with E-state index >= 15 is 0 Å². The van der Waals surface area contributed by atoms with Crippen LogP contribution in [0.4, 0.5) is 23.2 Å². The number of nitrogens with zero attached hydrogens (tertiary/aromatic N) is 2. The third-order valence-corrected chi connectivity index (χ3v) is 7.02. The number of halogens is 4. The molecule has 1 unspecified atom stereocenters. The van der Waals surface area contributed by atoms with Gasteiger partial charge in [-0.3, -0.25) is 9.69 Å². The summed E-state index contributed by atoms with van der Waals surface area (Å²) in [5.41, 5.74) is -0.602. The van der Waals surface area contributed by atoms with Crippen molar-refractivity contribution in [2.75, 3.05) is 31.5 Å². The van der Waals surface area contributed by atoms with Crippen LogP contribution in [0.2, 0.25) is 0 Å². The molecule has 1 saturated heterocycles. The van der Waals surface area contributed by atoms with Crippen molar-refractivity contribution in [3.8, 4) is 0 Å². The van der Waals surface area contributed by atoms with Gasteiger partial charge >= 0.3 is 6.18 Å². The van der Waals surface area contributed by atoms with Crippen LogP contribution in [0.3, 0.4) is 0 Å². The van der Waals surface area contributed by atoms with E-state index in [2.05, 4.69) is 5.32 Å². The molecular formula is C20H21F4N3O3S. The molecule has 3 rings (SSSR count). The van der Waals surface area contributed by atoms with Gasteiger partial charge in [0.25, 0.3) is 0 Å². The lowest BCUT2D eigenvalue weighted by Crippen LogP contribution is -2.53. The van der Waals surface area contributed by atoms with E-state index in [1.807, 2.05) is 0 Å². The minimum atomic E-state index is -4.55. The van der Waals surface area contributed by atoms with Crippen LogP contribution in [0, 0.1) is 5.82 Å². The molecule has 168 valence electrons. The van der Waals surface area contributed by atoms with Crippen LogP contribution in [0.1, 0.15) is 12.5 Å². The molecule has 0 saturated carbocycles. The van der Waals surface area contributed by atoms with Crippen LogP contribution in [-0.4, -0.2) is 55.8 Å². The molecule has 6 nitrogen and oxygen atoms in total. The van der Waals surface area contributed by atoms with Gasteiger partial charge in [0.15, 0.2) is 0 Å². The molecule has 1 aliphatic rings. The van der Waals surface area contributed by atoms with E-state index in [4.69, 9.17) is 0 Å². The lowest BCUT2D eigenvalue weighted by molar-refractivity contribution is -0.137. The first-order valence-electron chi connectivity index (χ1n) is 9.46. The smallest absolute Gasteiger partial charge is 0.325 e. The SMILES string of the molecule is CC(C(=O)Nc1cccc(F)c1)N1CCN(S(=O)(=O)c2ccc(C(F)(F)F)cc2)CC1. The number of alkyl halides is 3.